The monoisotopic (exact) mass is 178 g/mol. The second-order valence-electron chi connectivity index (χ2n) is 2.69. The Bertz CT molecular complexity index is 349. The topological polar surface area (TPSA) is 79.1 Å². The quantitative estimate of drug-likeness (QED) is 0.568. The summed E-state index contributed by atoms with van der Waals surface area (Å²) in [6.45, 7) is 0. The molecule has 0 saturated carbocycles. The molecule has 4 nitrogen and oxygen atoms in total. The lowest BCUT2D eigenvalue weighted by atomic mass is 10.1. The van der Waals surface area contributed by atoms with E-state index >= 15 is 0 Å². The number of hydrogen-bond acceptors (Lipinski definition) is 2. The van der Waals surface area contributed by atoms with Crippen LogP contribution in [0.4, 0.5) is 0 Å². The molecule has 0 aliphatic carbocycles. The molecule has 0 spiro atoms. The first-order valence-electron chi connectivity index (χ1n) is 3.75. The number of H-pyrrole nitrogens is 1. The van der Waals surface area contributed by atoms with Crippen molar-refractivity contribution in [2.45, 2.75) is 12.5 Å². The maximum atomic E-state index is 10.4. The van der Waals surface area contributed by atoms with E-state index < -0.39 is 12.0 Å². The Hall–Kier alpha value is -1.73. The maximum Gasteiger partial charge on any atom is 0.320 e. The Labute approximate surface area is 75.8 Å². The fraction of sp³-hybridized carbons (Fsp3) is 0.222. The Morgan fingerprint density at radius 2 is 2.46 bits per heavy atom. The summed E-state index contributed by atoms with van der Waals surface area (Å²) in [4.78, 5) is 13.2. The number of carboxylic acids is 1. The minimum absolute atomic E-state index is 0.248. The Morgan fingerprint density at radius 1 is 1.77 bits per heavy atom. The normalized spacial score (nSPS) is 12.0. The molecule has 4 heteroatoms. The number of aromatic nitrogens is 1. The lowest BCUT2D eigenvalue weighted by Gasteiger charge is -2.04. The van der Waals surface area contributed by atoms with Crippen LogP contribution < -0.4 is 5.73 Å². The summed E-state index contributed by atoms with van der Waals surface area (Å²) < 4.78 is 0. The van der Waals surface area contributed by atoms with Crippen molar-refractivity contribution < 1.29 is 9.90 Å². The minimum Gasteiger partial charge on any atom is -0.480 e. The van der Waals surface area contributed by atoms with Crippen molar-refractivity contribution >= 4 is 5.97 Å². The Morgan fingerprint density at radius 3 is 3.00 bits per heavy atom. The van der Waals surface area contributed by atoms with E-state index in [4.69, 9.17) is 17.3 Å². The maximum absolute atomic E-state index is 10.4. The summed E-state index contributed by atoms with van der Waals surface area (Å²) >= 11 is 0. The number of rotatable bonds is 3. The third kappa shape index (κ3) is 2.10. The lowest BCUT2D eigenvalue weighted by Crippen LogP contribution is -2.32. The van der Waals surface area contributed by atoms with E-state index in [1.165, 1.54) is 0 Å². The highest BCUT2D eigenvalue weighted by Gasteiger charge is 2.14. The first-order chi connectivity index (χ1) is 6.15. The van der Waals surface area contributed by atoms with Crippen molar-refractivity contribution in [2.24, 2.45) is 5.73 Å². The predicted molar refractivity (Wildman–Crippen MR) is 48.0 cm³/mol. The summed E-state index contributed by atoms with van der Waals surface area (Å²) in [5.74, 6) is 1.42. The van der Waals surface area contributed by atoms with Crippen LogP contribution in [0.1, 0.15) is 11.1 Å². The average Bonchev–Trinajstić information content (AvgIpc) is 2.51. The molecule has 68 valence electrons. The number of aliphatic carboxylic acids is 1. The molecule has 0 unspecified atom stereocenters. The number of hydrogen-bond donors (Lipinski definition) is 3. The molecule has 1 aromatic heterocycles. The molecule has 0 saturated heterocycles. The molecule has 0 fully saturated rings. The van der Waals surface area contributed by atoms with Gasteiger partial charge in [0.05, 0.1) is 0 Å². The van der Waals surface area contributed by atoms with Gasteiger partial charge < -0.3 is 15.8 Å². The zero-order valence-corrected chi connectivity index (χ0v) is 6.95. The first-order valence-corrected chi connectivity index (χ1v) is 3.75. The van der Waals surface area contributed by atoms with Gasteiger partial charge in [0, 0.05) is 24.4 Å². The fourth-order valence-electron chi connectivity index (χ4n) is 1.02. The van der Waals surface area contributed by atoms with Crippen LogP contribution in [0.2, 0.25) is 0 Å². The molecular formula is C9H10N2O2. The minimum atomic E-state index is -1.02. The summed E-state index contributed by atoms with van der Waals surface area (Å²) in [7, 11) is 0. The van der Waals surface area contributed by atoms with Crippen molar-refractivity contribution in [3.8, 4) is 12.3 Å². The van der Waals surface area contributed by atoms with Gasteiger partial charge >= 0.3 is 5.97 Å². The molecule has 1 atom stereocenters. The third-order valence-corrected chi connectivity index (χ3v) is 1.74. The van der Waals surface area contributed by atoms with Gasteiger partial charge in [0.25, 0.3) is 0 Å². The van der Waals surface area contributed by atoms with Crippen LogP contribution in [0.15, 0.2) is 12.4 Å². The lowest BCUT2D eigenvalue weighted by molar-refractivity contribution is -0.138. The number of aromatic amines is 1. The highest BCUT2D eigenvalue weighted by Crippen LogP contribution is 2.08. The summed E-state index contributed by atoms with van der Waals surface area (Å²) in [5.41, 5.74) is 6.77. The molecule has 0 amide bonds. The number of carbonyl (C=O) groups is 1. The summed E-state index contributed by atoms with van der Waals surface area (Å²) in [6.07, 6.45) is 8.74. The zero-order valence-electron chi connectivity index (χ0n) is 6.95. The molecule has 0 radical (unpaired) electrons. The van der Waals surface area contributed by atoms with Crippen LogP contribution in [-0.4, -0.2) is 22.1 Å². The van der Waals surface area contributed by atoms with Gasteiger partial charge in [-0.05, 0) is 5.56 Å². The summed E-state index contributed by atoms with van der Waals surface area (Å²) in [5, 5.41) is 8.56. The van der Waals surface area contributed by atoms with Crippen molar-refractivity contribution in [3.63, 3.8) is 0 Å². The van der Waals surface area contributed by atoms with E-state index in [9.17, 15) is 4.79 Å². The van der Waals surface area contributed by atoms with Gasteiger partial charge in [0.2, 0.25) is 0 Å². The third-order valence-electron chi connectivity index (χ3n) is 1.74. The largest absolute Gasteiger partial charge is 0.480 e. The SMILES string of the molecule is C#Cc1c[nH]cc1C[C@@H](N)C(=O)O. The van der Waals surface area contributed by atoms with E-state index in [-0.39, 0.29) is 6.42 Å². The molecule has 4 N–H and O–H groups in total. The van der Waals surface area contributed by atoms with Crippen molar-refractivity contribution in [1.82, 2.24) is 4.98 Å². The smallest absolute Gasteiger partial charge is 0.320 e. The Kier molecular flexibility index (Phi) is 2.72. The second-order valence-corrected chi connectivity index (χ2v) is 2.69. The molecule has 1 rings (SSSR count). The van der Waals surface area contributed by atoms with Crippen LogP contribution in [0, 0.1) is 12.3 Å². The molecule has 0 aromatic carbocycles. The van der Waals surface area contributed by atoms with E-state index in [2.05, 4.69) is 10.9 Å². The number of nitrogens with one attached hydrogen (secondary N) is 1. The highest BCUT2D eigenvalue weighted by atomic mass is 16.4. The number of carboxylic acid groups (broad SMARTS) is 1. The fourth-order valence-corrected chi connectivity index (χ4v) is 1.02. The van der Waals surface area contributed by atoms with E-state index in [0.29, 0.717) is 5.56 Å². The first kappa shape index (κ1) is 9.36. The molecule has 1 heterocycles. The molecule has 1 aromatic rings. The van der Waals surface area contributed by atoms with E-state index in [0.717, 1.165) is 5.56 Å². The zero-order chi connectivity index (χ0) is 9.84. The van der Waals surface area contributed by atoms with Gasteiger partial charge in [-0.25, -0.2) is 0 Å². The van der Waals surface area contributed by atoms with Gasteiger partial charge in [-0.2, -0.15) is 0 Å². The van der Waals surface area contributed by atoms with Crippen LogP contribution in [-0.2, 0) is 11.2 Å². The molecule has 13 heavy (non-hydrogen) atoms. The van der Waals surface area contributed by atoms with Crippen molar-refractivity contribution in [1.29, 1.82) is 0 Å². The van der Waals surface area contributed by atoms with Gasteiger partial charge in [-0.1, -0.05) is 5.92 Å². The van der Waals surface area contributed by atoms with Crippen LogP contribution >= 0.6 is 0 Å². The van der Waals surface area contributed by atoms with Gasteiger partial charge in [0.1, 0.15) is 6.04 Å². The number of nitrogens with two attached hydrogens (primary N) is 1. The van der Waals surface area contributed by atoms with Crippen LogP contribution in [0.3, 0.4) is 0 Å². The second kappa shape index (κ2) is 3.78. The molecule has 0 aliphatic heterocycles. The molecule has 0 bridgehead atoms. The molecular weight excluding hydrogens is 168 g/mol. The van der Waals surface area contributed by atoms with Crippen molar-refractivity contribution in [2.75, 3.05) is 0 Å². The van der Waals surface area contributed by atoms with Gasteiger partial charge in [-0.15, -0.1) is 6.42 Å². The van der Waals surface area contributed by atoms with Gasteiger partial charge in [0.15, 0.2) is 0 Å². The molecule has 0 aliphatic rings. The number of terminal acetylenes is 1. The van der Waals surface area contributed by atoms with Crippen molar-refractivity contribution in [3.05, 3.63) is 23.5 Å². The van der Waals surface area contributed by atoms with E-state index in [1.807, 2.05) is 0 Å². The summed E-state index contributed by atoms with van der Waals surface area (Å²) in [6, 6.07) is -0.900. The van der Waals surface area contributed by atoms with Crippen LogP contribution in [0.25, 0.3) is 0 Å². The van der Waals surface area contributed by atoms with Gasteiger partial charge in [-0.3, -0.25) is 4.79 Å². The van der Waals surface area contributed by atoms with Crippen LogP contribution in [0.5, 0.6) is 0 Å². The standard InChI is InChI=1S/C9H10N2O2/c1-2-6-4-11-5-7(6)3-8(10)9(12)13/h1,4-5,8,11H,3,10H2,(H,12,13)/t8-/m1/s1. The highest BCUT2D eigenvalue weighted by molar-refractivity contribution is 5.73. The average molecular weight is 178 g/mol. The van der Waals surface area contributed by atoms with E-state index in [1.54, 1.807) is 12.4 Å². The predicted octanol–water partition coefficient (Wildman–Crippen LogP) is -0.0496. The Balaban J connectivity index is 2.75.